The third-order valence-corrected chi connectivity index (χ3v) is 7.92. The number of halogens is 1. The van der Waals surface area contributed by atoms with E-state index in [4.69, 9.17) is 11.6 Å². The molecule has 0 heterocycles. The predicted octanol–water partition coefficient (Wildman–Crippen LogP) is 6.06. The van der Waals surface area contributed by atoms with Crippen molar-refractivity contribution in [1.29, 1.82) is 0 Å². The van der Waals surface area contributed by atoms with Gasteiger partial charge in [-0.2, -0.15) is 0 Å². The zero-order chi connectivity index (χ0) is 25.7. The van der Waals surface area contributed by atoms with Crippen molar-refractivity contribution in [1.82, 2.24) is 5.32 Å². The summed E-state index contributed by atoms with van der Waals surface area (Å²) < 4.78 is 28.7. The topological polar surface area (TPSA) is 66.5 Å². The van der Waals surface area contributed by atoms with E-state index in [-0.39, 0.29) is 4.90 Å². The number of amides is 1. The zero-order valence-corrected chi connectivity index (χ0v) is 21.6. The molecule has 0 atom stereocenters. The molecule has 4 aromatic carbocycles. The number of rotatable bonds is 8. The number of nitrogens with zero attached hydrogens (tertiary/aromatic N) is 1. The van der Waals surface area contributed by atoms with Gasteiger partial charge in [0.25, 0.3) is 10.0 Å². The molecular formula is C29H27ClN2O3S. The molecule has 36 heavy (non-hydrogen) atoms. The lowest BCUT2D eigenvalue weighted by molar-refractivity contribution is -0.120. The number of aryl methyl sites for hydroxylation is 2. The van der Waals surface area contributed by atoms with Gasteiger partial charge in [-0.3, -0.25) is 9.10 Å². The van der Waals surface area contributed by atoms with E-state index in [0.29, 0.717) is 16.3 Å². The SMILES string of the molecule is Cc1ccc(S(=O)(=O)N(CC(=O)NC(c2ccccc2)c2ccccc2)c2cc(Cl)ccc2C)cc1. The fraction of sp³-hybridized carbons (Fsp3) is 0.138. The highest BCUT2D eigenvalue weighted by atomic mass is 35.5. The average Bonchev–Trinajstić information content (AvgIpc) is 2.88. The fourth-order valence-corrected chi connectivity index (χ4v) is 5.62. The van der Waals surface area contributed by atoms with Crippen LogP contribution in [0.25, 0.3) is 0 Å². The van der Waals surface area contributed by atoms with E-state index in [1.165, 1.54) is 0 Å². The molecule has 0 bridgehead atoms. The van der Waals surface area contributed by atoms with E-state index < -0.39 is 28.5 Å². The monoisotopic (exact) mass is 518 g/mol. The standard InChI is InChI=1S/C29H27ClN2O3S/c1-21-13-17-26(18-14-21)36(34,35)32(27-19-25(30)16-15-22(27)2)20-28(33)31-29(23-9-5-3-6-10-23)24-11-7-4-8-12-24/h3-19,29H,20H2,1-2H3,(H,31,33). The normalized spacial score (nSPS) is 11.3. The lowest BCUT2D eigenvalue weighted by atomic mass is 9.99. The smallest absolute Gasteiger partial charge is 0.264 e. The second-order valence-electron chi connectivity index (χ2n) is 8.58. The van der Waals surface area contributed by atoms with Crippen LogP contribution in [-0.4, -0.2) is 20.9 Å². The average molecular weight is 519 g/mol. The zero-order valence-electron chi connectivity index (χ0n) is 20.1. The minimum Gasteiger partial charge on any atom is -0.344 e. The van der Waals surface area contributed by atoms with Crippen molar-refractivity contribution in [3.63, 3.8) is 0 Å². The molecule has 0 fully saturated rings. The van der Waals surface area contributed by atoms with Crippen molar-refractivity contribution >= 4 is 33.2 Å². The molecule has 1 N–H and O–H groups in total. The van der Waals surface area contributed by atoms with Gasteiger partial charge < -0.3 is 5.32 Å². The Morgan fingerprint density at radius 3 is 1.94 bits per heavy atom. The van der Waals surface area contributed by atoms with Crippen LogP contribution in [0, 0.1) is 13.8 Å². The van der Waals surface area contributed by atoms with E-state index in [1.807, 2.05) is 67.6 Å². The summed E-state index contributed by atoms with van der Waals surface area (Å²) in [6.07, 6.45) is 0. The van der Waals surface area contributed by atoms with Gasteiger partial charge in [-0.15, -0.1) is 0 Å². The minimum absolute atomic E-state index is 0.0999. The van der Waals surface area contributed by atoms with Gasteiger partial charge in [0.1, 0.15) is 6.54 Å². The van der Waals surface area contributed by atoms with Gasteiger partial charge in [0.05, 0.1) is 16.6 Å². The van der Waals surface area contributed by atoms with Crippen LogP contribution < -0.4 is 9.62 Å². The largest absolute Gasteiger partial charge is 0.344 e. The van der Waals surface area contributed by atoms with Crippen molar-refractivity contribution in [3.8, 4) is 0 Å². The van der Waals surface area contributed by atoms with Crippen LogP contribution in [0.2, 0.25) is 5.02 Å². The highest BCUT2D eigenvalue weighted by Crippen LogP contribution is 2.30. The second-order valence-corrected chi connectivity index (χ2v) is 10.9. The first-order valence-corrected chi connectivity index (χ1v) is 13.3. The third kappa shape index (κ3) is 5.78. The number of nitrogens with one attached hydrogen (secondary N) is 1. The first-order chi connectivity index (χ1) is 17.3. The first-order valence-electron chi connectivity index (χ1n) is 11.5. The Kier molecular flexibility index (Phi) is 7.77. The summed E-state index contributed by atoms with van der Waals surface area (Å²) in [6.45, 7) is 3.27. The third-order valence-electron chi connectivity index (χ3n) is 5.91. The van der Waals surface area contributed by atoms with Crippen LogP contribution in [0.4, 0.5) is 5.69 Å². The Hall–Kier alpha value is -3.61. The number of anilines is 1. The summed E-state index contributed by atoms with van der Waals surface area (Å²) in [7, 11) is -4.06. The maximum absolute atomic E-state index is 13.8. The Morgan fingerprint density at radius 1 is 0.833 bits per heavy atom. The van der Waals surface area contributed by atoms with Crippen LogP contribution in [0.5, 0.6) is 0 Å². The van der Waals surface area contributed by atoms with E-state index in [0.717, 1.165) is 21.0 Å². The van der Waals surface area contributed by atoms with E-state index in [1.54, 1.807) is 49.4 Å². The molecule has 0 saturated heterocycles. The number of carbonyl (C=O) groups excluding carboxylic acids is 1. The summed E-state index contributed by atoms with van der Waals surface area (Å²) in [5.74, 6) is -0.442. The Labute approximate surface area is 217 Å². The molecule has 0 aliphatic rings. The van der Waals surface area contributed by atoms with Gasteiger partial charge in [-0.05, 0) is 54.8 Å². The summed E-state index contributed by atoms with van der Waals surface area (Å²) in [4.78, 5) is 13.6. The van der Waals surface area contributed by atoms with Crippen LogP contribution in [0.1, 0.15) is 28.3 Å². The van der Waals surface area contributed by atoms with Crippen molar-refractivity contribution in [2.45, 2.75) is 24.8 Å². The van der Waals surface area contributed by atoms with Crippen molar-refractivity contribution in [3.05, 3.63) is 130 Å². The molecule has 0 aliphatic carbocycles. The molecule has 4 rings (SSSR count). The van der Waals surface area contributed by atoms with Gasteiger partial charge in [-0.1, -0.05) is 96.0 Å². The molecule has 7 heteroatoms. The Morgan fingerprint density at radius 2 is 1.39 bits per heavy atom. The lowest BCUT2D eigenvalue weighted by Crippen LogP contribution is -2.42. The quantitative estimate of drug-likeness (QED) is 0.308. The fourth-order valence-electron chi connectivity index (χ4n) is 3.98. The molecular weight excluding hydrogens is 492 g/mol. The molecule has 0 aliphatic heterocycles. The van der Waals surface area contributed by atoms with Gasteiger partial charge in [-0.25, -0.2) is 8.42 Å². The lowest BCUT2D eigenvalue weighted by Gasteiger charge is -2.27. The molecule has 0 saturated carbocycles. The van der Waals surface area contributed by atoms with Crippen LogP contribution >= 0.6 is 11.6 Å². The molecule has 0 radical (unpaired) electrons. The number of sulfonamides is 1. The summed E-state index contributed by atoms with van der Waals surface area (Å²) in [5.41, 5.74) is 3.76. The first kappa shape index (κ1) is 25.5. The van der Waals surface area contributed by atoms with Gasteiger partial charge in [0.2, 0.25) is 5.91 Å². The summed E-state index contributed by atoms with van der Waals surface area (Å²) in [5, 5.41) is 3.42. The van der Waals surface area contributed by atoms with Crippen molar-refractivity contribution < 1.29 is 13.2 Å². The van der Waals surface area contributed by atoms with Crippen molar-refractivity contribution in [2.75, 3.05) is 10.8 Å². The van der Waals surface area contributed by atoms with E-state index in [9.17, 15) is 13.2 Å². The van der Waals surface area contributed by atoms with Crippen LogP contribution in [0.15, 0.2) is 108 Å². The highest BCUT2D eigenvalue weighted by Gasteiger charge is 2.29. The van der Waals surface area contributed by atoms with Crippen molar-refractivity contribution in [2.24, 2.45) is 0 Å². The second kappa shape index (κ2) is 11.0. The van der Waals surface area contributed by atoms with Gasteiger partial charge >= 0.3 is 0 Å². The molecule has 1 amide bonds. The summed E-state index contributed by atoms with van der Waals surface area (Å²) in [6, 6.07) is 30.3. The maximum atomic E-state index is 13.8. The van der Waals surface area contributed by atoms with Gasteiger partial charge in [0.15, 0.2) is 0 Å². The molecule has 0 spiro atoms. The maximum Gasteiger partial charge on any atom is 0.264 e. The van der Waals surface area contributed by atoms with E-state index >= 15 is 0 Å². The Bertz CT molecular complexity index is 1400. The highest BCUT2D eigenvalue weighted by molar-refractivity contribution is 7.92. The molecule has 184 valence electrons. The minimum atomic E-state index is -4.06. The predicted molar refractivity (Wildman–Crippen MR) is 145 cm³/mol. The van der Waals surface area contributed by atoms with Crippen LogP contribution in [-0.2, 0) is 14.8 Å². The molecule has 5 nitrogen and oxygen atoms in total. The Balaban J connectivity index is 1.71. The molecule has 4 aromatic rings. The number of hydrogen-bond acceptors (Lipinski definition) is 3. The molecule has 0 aromatic heterocycles. The number of carbonyl (C=O) groups is 1. The van der Waals surface area contributed by atoms with Gasteiger partial charge in [0, 0.05) is 5.02 Å². The van der Waals surface area contributed by atoms with Crippen LogP contribution in [0.3, 0.4) is 0 Å². The number of hydrogen-bond donors (Lipinski definition) is 1. The summed E-state index contributed by atoms with van der Waals surface area (Å²) >= 11 is 6.24. The van der Waals surface area contributed by atoms with E-state index in [2.05, 4.69) is 5.32 Å². The number of benzene rings is 4. The molecule has 0 unspecified atom stereocenters.